The summed E-state index contributed by atoms with van der Waals surface area (Å²) < 4.78 is 30.0. The van der Waals surface area contributed by atoms with Gasteiger partial charge in [0.15, 0.2) is 15.6 Å². The van der Waals surface area contributed by atoms with E-state index in [-0.39, 0.29) is 11.5 Å². The molecular formula is C25H32O4S. The van der Waals surface area contributed by atoms with E-state index in [4.69, 9.17) is 4.74 Å². The number of hydrogen-bond acceptors (Lipinski definition) is 4. The summed E-state index contributed by atoms with van der Waals surface area (Å²) >= 11 is 0. The maximum Gasteiger partial charge on any atom is 0.167 e. The fourth-order valence-corrected chi connectivity index (χ4v) is 4.70. The van der Waals surface area contributed by atoms with Crippen molar-refractivity contribution < 1.29 is 17.9 Å². The molecule has 0 heterocycles. The highest BCUT2D eigenvalue weighted by Crippen LogP contribution is 2.26. The first-order valence-electron chi connectivity index (χ1n) is 10.7. The van der Waals surface area contributed by atoms with Gasteiger partial charge in [-0.1, -0.05) is 30.3 Å². The van der Waals surface area contributed by atoms with Crippen LogP contribution >= 0.6 is 0 Å². The first-order chi connectivity index (χ1) is 14.0. The molecular weight excluding hydrogens is 396 g/mol. The van der Waals surface area contributed by atoms with Crippen LogP contribution < -0.4 is 4.74 Å². The van der Waals surface area contributed by atoms with E-state index in [1.807, 2.05) is 25.1 Å². The summed E-state index contributed by atoms with van der Waals surface area (Å²) in [5.41, 5.74) is 3.33. The van der Waals surface area contributed by atoms with Gasteiger partial charge in [0, 0.05) is 12.0 Å². The van der Waals surface area contributed by atoms with E-state index in [9.17, 15) is 13.2 Å². The van der Waals surface area contributed by atoms with E-state index in [0.29, 0.717) is 23.7 Å². The van der Waals surface area contributed by atoms with Gasteiger partial charge in [-0.3, -0.25) is 4.79 Å². The highest BCUT2D eigenvalue weighted by Gasteiger charge is 2.29. The Bertz CT molecular complexity index is 992. The molecule has 1 saturated carbocycles. The lowest BCUT2D eigenvalue weighted by Gasteiger charge is -2.19. The first kappa shape index (κ1) is 22.5. The summed E-state index contributed by atoms with van der Waals surface area (Å²) in [5, 5.41) is 0. The minimum atomic E-state index is -3.25. The molecule has 2 aromatic carbocycles. The lowest BCUT2D eigenvalue weighted by Crippen LogP contribution is -2.29. The molecule has 3 rings (SSSR count). The Morgan fingerprint density at radius 3 is 2.23 bits per heavy atom. The number of carbonyl (C=O) groups excluding carboxylic acids is 1. The second-order valence-electron chi connectivity index (χ2n) is 9.28. The third-order valence-corrected chi connectivity index (χ3v) is 8.42. The number of carbonyl (C=O) groups is 1. The van der Waals surface area contributed by atoms with E-state index in [2.05, 4.69) is 0 Å². The number of ether oxygens (including phenoxy) is 1. The van der Waals surface area contributed by atoms with Crippen molar-refractivity contribution >= 4 is 15.6 Å². The minimum Gasteiger partial charge on any atom is -0.490 e. The number of hydrogen-bond donors (Lipinski definition) is 0. The Hall–Kier alpha value is -2.14. The van der Waals surface area contributed by atoms with Gasteiger partial charge in [-0.05, 0) is 82.2 Å². The van der Waals surface area contributed by atoms with Crippen LogP contribution in [0, 0.1) is 6.92 Å². The largest absolute Gasteiger partial charge is 0.490 e. The lowest BCUT2D eigenvalue weighted by molar-refractivity contribution is 0.0992. The van der Waals surface area contributed by atoms with E-state index in [0.717, 1.165) is 29.7 Å². The molecule has 0 aromatic heterocycles. The molecule has 1 aliphatic carbocycles. The van der Waals surface area contributed by atoms with Crippen molar-refractivity contribution in [2.75, 3.05) is 0 Å². The Morgan fingerprint density at radius 1 is 1.03 bits per heavy atom. The normalized spacial score (nSPS) is 15.3. The monoisotopic (exact) mass is 428 g/mol. The van der Waals surface area contributed by atoms with Crippen molar-refractivity contribution in [2.24, 2.45) is 0 Å². The summed E-state index contributed by atoms with van der Waals surface area (Å²) in [4.78, 5) is 12.7. The zero-order valence-corrected chi connectivity index (χ0v) is 19.2. The van der Waals surface area contributed by atoms with Crippen LogP contribution in [0.25, 0.3) is 0 Å². The Labute approximate surface area is 180 Å². The van der Waals surface area contributed by atoms with Crippen molar-refractivity contribution in [1.29, 1.82) is 0 Å². The quantitative estimate of drug-likeness (QED) is 0.550. The summed E-state index contributed by atoms with van der Waals surface area (Å²) in [5.74, 6) is 0.875. The zero-order chi connectivity index (χ0) is 21.9. The van der Waals surface area contributed by atoms with Crippen LogP contribution in [0.2, 0.25) is 0 Å². The molecule has 0 radical (unpaired) electrons. The number of benzene rings is 2. The maximum atomic E-state index is 12.7. The number of sulfone groups is 1. The van der Waals surface area contributed by atoms with Gasteiger partial charge in [0.05, 0.1) is 16.6 Å². The summed E-state index contributed by atoms with van der Waals surface area (Å²) in [6, 6.07) is 12.9. The van der Waals surface area contributed by atoms with Crippen LogP contribution in [0.15, 0.2) is 42.5 Å². The molecule has 0 aliphatic heterocycles. The fourth-order valence-electron chi connectivity index (χ4n) is 3.64. The van der Waals surface area contributed by atoms with Crippen LogP contribution in [0.1, 0.15) is 73.5 Å². The highest BCUT2D eigenvalue weighted by atomic mass is 32.2. The highest BCUT2D eigenvalue weighted by molar-refractivity contribution is 7.91. The smallest absolute Gasteiger partial charge is 0.167 e. The molecule has 0 spiro atoms. The maximum absolute atomic E-state index is 12.7. The van der Waals surface area contributed by atoms with E-state index in [1.54, 1.807) is 45.0 Å². The molecule has 4 nitrogen and oxygen atoms in total. The molecule has 5 heteroatoms. The molecule has 0 amide bonds. The summed E-state index contributed by atoms with van der Waals surface area (Å²) in [6.07, 6.45) is 5.33. The lowest BCUT2D eigenvalue weighted by atomic mass is 9.98. The summed E-state index contributed by atoms with van der Waals surface area (Å²) in [7, 11) is -3.25. The number of ketones is 1. The average Bonchev–Trinajstić information content (AvgIpc) is 3.16. The third-order valence-electron chi connectivity index (χ3n) is 5.84. The molecule has 1 fully saturated rings. The van der Waals surface area contributed by atoms with Gasteiger partial charge in [-0.2, -0.15) is 0 Å². The van der Waals surface area contributed by atoms with Crippen LogP contribution in [0.3, 0.4) is 0 Å². The molecule has 0 bridgehead atoms. The van der Waals surface area contributed by atoms with E-state index in [1.165, 1.54) is 12.8 Å². The first-order valence-corrected chi connectivity index (χ1v) is 12.3. The van der Waals surface area contributed by atoms with Crippen LogP contribution in [-0.2, 0) is 22.0 Å². The van der Waals surface area contributed by atoms with Crippen molar-refractivity contribution in [3.63, 3.8) is 0 Å². The minimum absolute atomic E-state index is 0.0211. The molecule has 0 N–H and O–H groups in total. The zero-order valence-electron chi connectivity index (χ0n) is 18.4. The predicted molar refractivity (Wildman–Crippen MR) is 121 cm³/mol. The van der Waals surface area contributed by atoms with Gasteiger partial charge in [-0.25, -0.2) is 8.42 Å². The van der Waals surface area contributed by atoms with Crippen molar-refractivity contribution in [3.05, 3.63) is 64.7 Å². The molecule has 0 atom stereocenters. The van der Waals surface area contributed by atoms with Gasteiger partial charge < -0.3 is 4.74 Å². The third kappa shape index (κ3) is 5.51. The Morgan fingerprint density at radius 2 is 1.67 bits per heavy atom. The predicted octanol–water partition coefficient (Wildman–Crippen LogP) is 5.46. The van der Waals surface area contributed by atoms with Crippen LogP contribution in [0.5, 0.6) is 5.75 Å². The molecule has 0 saturated heterocycles. The molecule has 1 aliphatic rings. The van der Waals surface area contributed by atoms with Gasteiger partial charge in [0.25, 0.3) is 0 Å². The second kappa shape index (κ2) is 8.93. The molecule has 0 unspecified atom stereocenters. The van der Waals surface area contributed by atoms with Gasteiger partial charge in [-0.15, -0.1) is 0 Å². The number of Topliss-reactive ketones (excluding diaryl/α,β-unsaturated/α-hetero) is 1. The van der Waals surface area contributed by atoms with Gasteiger partial charge in [0.2, 0.25) is 0 Å². The van der Waals surface area contributed by atoms with Crippen molar-refractivity contribution in [2.45, 2.75) is 76.4 Å². The SMILES string of the molecule is Cc1cc(OC2CCCC2)ccc1CC(=O)c1ccc(CS(=O)(=O)C(C)(C)C)cc1. The Kier molecular flexibility index (Phi) is 6.71. The number of aryl methyl sites for hydroxylation is 1. The van der Waals surface area contributed by atoms with Crippen molar-refractivity contribution in [1.82, 2.24) is 0 Å². The topological polar surface area (TPSA) is 60.4 Å². The van der Waals surface area contributed by atoms with Crippen LogP contribution in [0.4, 0.5) is 0 Å². The van der Waals surface area contributed by atoms with Gasteiger partial charge in [0.1, 0.15) is 5.75 Å². The standard InChI is InChI=1S/C25H32O4S/c1-18-15-23(29-22-7-5-6-8-22)14-13-21(18)16-24(26)20-11-9-19(10-12-20)17-30(27,28)25(2,3)4/h9-15,22H,5-8,16-17H2,1-4H3. The van der Waals surface area contributed by atoms with Crippen molar-refractivity contribution in [3.8, 4) is 5.75 Å². The average molecular weight is 429 g/mol. The Balaban J connectivity index is 1.64. The fraction of sp³-hybridized carbons (Fsp3) is 0.480. The second-order valence-corrected chi connectivity index (χ2v) is 12.0. The van der Waals surface area contributed by atoms with Gasteiger partial charge >= 0.3 is 0 Å². The molecule has 30 heavy (non-hydrogen) atoms. The molecule has 2 aromatic rings. The summed E-state index contributed by atoms with van der Waals surface area (Å²) in [6.45, 7) is 7.11. The van der Waals surface area contributed by atoms with Crippen LogP contribution in [-0.4, -0.2) is 25.1 Å². The number of rotatable bonds is 7. The van der Waals surface area contributed by atoms with E-state index < -0.39 is 14.6 Å². The van der Waals surface area contributed by atoms with E-state index >= 15 is 0 Å². The molecule has 162 valence electrons.